The average molecular weight is 490 g/mol. The Morgan fingerprint density at radius 3 is 2.52 bits per heavy atom. The Balaban J connectivity index is 1.63. The molecule has 0 unspecified atom stereocenters. The van der Waals surface area contributed by atoms with Gasteiger partial charge in [-0.05, 0) is 79.6 Å². The lowest BCUT2D eigenvalue weighted by molar-refractivity contribution is -0.118. The lowest BCUT2D eigenvalue weighted by Crippen LogP contribution is -2.21. The monoisotopic (exact) mass is 489 g/mol. The van der Waals surface area contributed by atoms with Crippen LogP contribution >= 0.6 is 11.6 Å². The van der Waals surface area contributed by atoms with Crippen LogP contribution in [0.25, 0.3) is 0 Å². The van der Waals surface area contributed by atoms with E-state index < -0.39 is 15.8 Å². The van der Waals surface area contributed by atoms with E-state index in [9.17, 15) is 17.6 Å². The molecule has 2 N–H and O–H groups in total. The van der Waals surface area contributed by atoms with E-state index in [2.05, 4.69) is 15.2 Å². The number of halogens is 2. The van der Waals surface area contributed by atoms with E-state index in [0.717, 1.165) is 29.8 Å². The minimum absolute atomic E-state index is 0.114. The maximum Gasteiger partial charge on any atom is 0.276 e. The number of hydrazone groups is 1. The first-order valence-electron chi connectivity index (χ1n) is 9.75. The summed E-state index contributed by atoms with van der Waals surface area (Å²) in [4.78, 5) is 14.3. The number of amides is 1. The number of carbonyl (C=O) groups excluding carboxylic acids is 1. The molecular formula is C23H21ClFN3O4S. The van der Waals surface area contributed by atoms with Crippen molar-refractivity contribution < 1.29 is 22.3 Å². The summed E-state index contributed by atoms with van der Waals surface area (Å²) in [6.07, 6.45) is 0. The molecule has 0 atom stereocenters. The van der Waals surface area contributed by atoms with Crippen molar-refractivity contribution in [3.63, 3.8) is 0 Å². The van der Waals surface area contributed by atoms with Crippen molar-refractivity contribution in [3.8, 4) is 5.75 Å². The number of benzene rings is 3. The summed E-state index contributed by atoms with van der Waals surface area (Å²) in [6.45, 7) is 3.24. The molecule has 0 saturated heterocycles. The number of rotatable bonds is 8. The van der Waals surface area contributed by atoms with Gasteiger partial charge in [-0.2, -0.15) is 18.4 Å². The first kappa shape index (κ1) is 24.2. The lowest BCUT2D eigenvalue weighted by Gasteiger charge is -2.11. The van der Waals surface area contributed by atoms with Gasteiger partial charge >= 0.3 is 0 Å². The van der Waals surface area contributed by atoms with Gasteiger partial charge in [-0.3, -0.25) is 4.79 Å². The lowest BCUT2D eigenvalue weighted by atomic mass is 10.1. The zero-order valence-corrected chi connectivity index (χ0v) is 19.4. The van der Waals surface area contributed by atoms with Gasteiger partial charge in [-0.1, -0.05) is 23.7 Å². The molecular weight excluding hydrogens is 469 g/mol. The Morgan fingerprint density at radius 2 is 1.82 bits per heavy atom. The molecule has 7 nitrogen and oxygen atoms in total. The second-order valence-electron chi connectivity index (χ2n) is 7.07. The Morgan fingerprint density at radius 1 is 1.09 bits per heavy atom. The zero-order valence-electron chi connectivity index (χ0n) is 17.8. The van der Waals surface area contributed by atoms with E-state index in [1.807, 2.05) is 6.92 Å². The number of aryl methyl sites for hydroxylation is 1. The molecule has 0 saturated carbocycles. The van der Waals surface area contributed by atoms with Crippen LogP contribution in [0.15, 0.2) is 76.7 Å². The third-order valence-electron chi connectivity index (χ3n) is 4.52. The first-order chi connectivity index (χ1) is 15.6. The molecule has 33 heavy (non-hydrogen) atoms. The van der Waals surface area contributed by atoms with Crippen molar-refractivity contribution >= 4 is 38.9 Å². The van der Waals surface area contributed by atoms with Crippen LogP contribution in [-0.2, 0) is 14.8 Å². The van der Waals surface area contributed by atoms with Crippen molar-refractivity contribution in [1.29, 1.82) is 0 Å². The fourth-order valence-electron chi connectivity index (χ4n) is 2.80. The van der Waals surface area contributed by atoms with Crippen LogP contribution in [0.1, 0.15) is 18.1 Å². The minimum atomic E-state index is -3.95. The molecule has 3 rings (SSSR count). The standard InChI is InChI=1S/C23H21ClFN3O4S/c1-15-12-18(24)6-11-22(15)32-14-23(29)26-20-5-3-4-17(13-20)16(2)27-28-33(30,31)21-9-7-19(25)8-10-21/h3-13,28H,14H2,1-2H3,(H,26,29)/b27-16+. The van der Waals surface area contributed by atoms with Crippen LogP contribution in [0, 0.1) is 12.7 Å². The van der Waals surface area contributed by atoms with E-state index in [1.54, 1.807) is 49.4 Å². The predicted molar refractivity (Wildman–Crippen MR) is 126 cm³/mol. The number of sulfonamides is 1. The van der Waals surface area contributed by atoms with Crippen molar-refractivity contribution in [1.82, 2.24) is 4.83 Å². The highest BCUT2D eigenvalue weighted by Crippen LogP contribution is 2.22. The number of nitrogens with zero attached hydrogens (tertiary/aromatic N) is 1. The van der Waals surface area contributed by atoms with E-state index in [-0.39, 0.29) is 17.4 Å². The molecule has 0 bridgehead atoms. The molecule has 172 valence electrons. The van der Waals surface area contributed by atoms with E-state index in [4.69, 9.17) is 16.3 Å². The second kappa shape index (κ2) is 10.5. The van der Waals surface area contributed by atoms with Crippen LogP contribution in [0.2, 0.25) is 5.02 Å². The molecule has 0 aliphatic carbocycles. The fourth-order valence-corrected chi connectivity index (χ4v) is 3.88. The van der Waals surface area contributed by atoms with Gasteiger partial charge in [-0.25, -0.2) is 4.39 Å². The summed E-state index contributed by atoms with van der Waals surface area (Å²) >= 11 is 5.92. The van der Waals surface area contributed by atoms with E-state index >= 15 is 0 Å². The minimum Gasteiger partial charge on any atom is -0.483 e. The summed E-state index contributed by atoms with van der Waals surface area (Å²) in [5.74, 6) is -0.353. The molecule has 1 amide bonds. The molecule has 10 heteroatoms. The Bertz CT molecular complexity index is 1300. The molecule has 0 radical (unpaired) electrons. The van der Waals surface area contributed by atoms with Gasteiger partial charge in [0.2, 0.25) is 0 Å². The van der Waals surface area contributed by atoms with Gasteiger partial charge < -0.3 is 10.1 Å². The number of carbonyl (C=O) groups is 1. The summed E-state index contributed by atoms with van der Waals surface area (Å²) in [6, 6.07) is 16.3. The van der Waals surface area contributed by atoms with Gasteiger partial charge in [0.05, 0.1) is 10.6 Å². The van der Waals surface area contributed by atoms with Crippen molar-refractivity contribution in [3.05, 3.63) is 88.7 Å². The number of nitrogens with one attached hydrogen (secondary N) is 2. The highest BCUT2D eigenvalue weighted by Gasteiger charge is 2.13. The fraction of sp³-hybridized carbons (Fsp3) is 0.130. The highest BCUT2D eigenvalue weighted by atomic mass is 35.5. The Hall–Kier alpha value is -3.43. The second-order valence-corrected chi connectivity index (χ2v) is 9.17. The van der Waals surface area contributed by atoms with Gasteiger partial charge in [0.25, 0.3) is 15.9 Å². The van der Waals surface area contributed by atoms with Crippen LogP contribution in [0.4, 0.5) is 10.1 Å². The third kappa shape index (κ3) is 6.77. The van der Waals surface area contributed by atoms with E-state index in [1.165, 1.54) is 0 Å². The number of anilines is 1. The first-order valence-corrected chi connectivity index (χ1v) is 11.6. The van der Waals surface area contributed by atoms with Crippen molar-refractivity contribution in [2.45, 2.75) is 18.7 Å². The molecule has 3 aromatic carbocycles. The molecule has 0 aliphatic rings. The molecule has 0 spiro atoms. The van der Waals surface area contributed by atoms with Crippen LogP contribution in [-0.4, -0.2) is 26.6 Å². The molecule has 0 aliphatic heterocycles. The SMILES string of the molecule is C/C(=N\NS(=O)(=O)c1ccc(F)cc1)c1cccc(NC(=O)COc2ccc(Cl)cc2C)c1. The summed E-state index contributed by atoms with van der Waals surface area (Å²) in [7, 11) is -3.95. The van der Waals surface area contributed by atoms with Gasteiger partial charge in [0.1, 0.15) is 11.6 Å². The highest BCUT2D eigenvalue weighted by molar-refractivity contribution is 7.89. The largest absolute Gasteiger partial charge is 0.483 e. The third-order valence-corrected chi connectivity index (χ3v) is 5.98. The van der Waals surface area contributed by atoms with Gasteiger partial charge in [0.15, 0.2) is 6.61 Å². The summed E-state index contributed by atoms with van der Waals surface area (Å²) in [5.41, 5.74) is 2.26. The van der Waals surface area contributed by atoms with Crippen molar-refractivity contribution in [2.24, 2.45) is 5.10 Å². The quantitative estimate of drug-likeness (QED) is 0.359. The average Bonchev–Trinajstić information content (AvgIpc) is 2.77. The summed E-state index contributed by atoms with van der Waals surface area (Å²) < 4.78 is 43.2. The van der Waals surface area contributed by atoms with Crippen LogP contribution in [0.5, 0.6) is 5.75 Å². The number of ether oxygens (including phenoxy) is 1. The summed E-state index contributed by atoms with van der Waals surface area (Å²) in [5, 5.41) is 7.22. The molecule has 0 aromatic heterocycles. The maximum absolute atomic E-state index is 13.0. The molecule has 3 aromatic rings. The Kier molecular flexibility index (Phi) is 7.67. The molecule has 0 fully saturated rings. The van der Waals surface area contributed by atoms with Crippen LogP contribution in [0.3, 0.4) is 0 Å². The van der Waals surface area contributed by atoms with Gasteiger partial charge in [0, 0.05) is 10.7 Å². The molecule has 0 heterocycles. The predicted octanol–water partition coefficient (Wildman–Crippen LogP) is 4.51. The topological polar surface area (TPSA) is 96.9 Å². The van der Waals surface area contributed by atoms with E-state index in [0.29, 0.717) is 27.7 Å². The number of hydrogen-bond acceptors (Lipinski definition) is 5. The Labute approximate surface area is 196 Å². The number of hydrogen-bond donors (Lipinski definition) is 2. The smallest absolute Gasteiger partial charge is 0.276 e. The zero-order chi connectivity index (χ0) is 24.0. The van der Waals surface area contributed by atoms with Gasteiger partial charge in [-0.15, -0.1) is 0 Å². The van der Waals surface area contributed by atoms with Crippen molar-refractivity contribution in [2.75, 3.05) is 11.9 Å². The normalized spacial score (nSPS) is 11.7. The maximum atomic E-state index is 13.0. The van der Waals surface area contributed by atoms with Crippen LogP contribution < -0.4 is 14.9 Å².